The van der Waals surface area contributed by atoms with Gasteiger partial charge in [0.25, 0.3) is 0 Å². The van der Waals surface area contributed by atoms with Gasteiger partial charge in [-0.25, -0.2) is 0 Å². The first-order chi connectivity index (χ1) is 13.9. The van der Waals surface area contributed by atoms with Crippen molar-refractivity contribution >= 4 is 11.9 Å². The smallest absolute Gasteiger partial charge is 0.329 e. The number of hydrogen-bond donors (Lipinski definition) is 1. The van der Waals surface area contributed by atoms with Crippen molar-refractivity contribution in [2.45, 2.75) is 58.7 Å². The molecule has 1 aromatic rings. The van der Waals surface area contributed by atoms with Crippen LogP contribution in [0.5, 0.6) is 5.75 Å². The number of para-hydroxylation sites is 1. The van der Waals surface area contributed by atoms with Gasteiger partial charge in [-0.15, -0.1) is 0 Å². The van der Waals surface area contributed by atoms with Crippen molar-refractivity contribution in [2.75, 3.05) is 27.4 Å². The summed E-state index contributed by atoms with van der Waals surface area (Å²) in [6.07, 6.45) is 3.38. The molecule has 0 unspecified atom stereocenters. The van der Waals surface area contributed by atoms with Crippen LogP contribution in [-0.2, 0) is 34.3 Å². The zero-order valence-electron chi connectivity index (χ0n) is 18.2. The van der Waals surface area contributed by atoms with E-state index >= 15 is 0 Å². The average Bonchev–Trinajstić information content (AvgIpc) is 2.72. The van der Waals surface area contributed by atoms with Crippen LogP contribution >= 0.6 is 0 Å². The molecule has 0 aliphatic rings. The van der Waals surface area contributed by atoms with E-state index in [1.165, 1.54) is 20.3 Å². The molecule has 164 valence electrons. The highest BCUT2D eigenvalue weighted by Gasteiger charge is 2.67. The maximum Gasteiger partial charge on any atom is 0.329 e. The molecule has 0 amide bonds. The van der Waals surface area contributed by atoms with Gasteiger partial charge in [0.05, 0.1) is 18.8 Å². The van der Waals surface area contributed by atoms with E-state index in [2.05, 4.69) is 6.92 Å². The van der Waals surface area contributed by atoms with Crippen molar-refractivity contribution in [1.82, 2.24) is 0 Å². The second-order valence-corrected chi connectivity index (χ2v) is 6.70. The molecule has 1 aromatic carbocycles. The summed E-state index contributed by atoms with van der Waals surface area (Å²) in [5.74, 6) is -3.70. The van der Waals surface area contributed by atoms with Gasteiger partial charge >= 0.3 is 11.9 Å². The lowest BCUT2D eigenvalue weighted by molar-refractivity contribution is -0.287. The number of methoxy groups -OCH3 is 2. The normalized spacial score (nSPS) is 11.9. The minimum atomic E-state index is -1.95. The van der Waals surface area contributed by atoms with Crippen LogP contribution in [0.3, 0.4) is 0 Å². The molecule has 0 aromatic heterocycles. The first-order valence-electron chi connectivity index (χ1n) is 10.1. The largest absolute Gasteiger partial charge is 0.507 e. The van der Waals surface area contributed by atoms with E-state index in [0.717, 1.165) is 19.3 Å². The summed E-state index contributed by atoms with van der Waals surface area (Å²) < 4.78 is 22.1. The number of carbonyl (C=O) groups excluding carboxylic acids is 2. The molecule has 0 bridgehead atoms. The average molecular weight is 411 g/mol. The van der Waals surface area contributed by atoms with E-state index in [4.69, 9.17) is 18.9 Å². The number of benzene rings is 1. The zero-order chi connectivity index (χ0) is 21.9. The molecule has 0 heterocycles. The van der Waals surface area contributed by atoms with Gasteiger partial charge in [0.1, 0.15) is 5.75 Å². The lowest BCUT2D eigenvalue weighted by Crippen LogP contribution is -2.59. The van der Waals surface area contributed by atoms with Crippen molar-refractivity contribution in [2.24, 2.45) is 5.41 Å². The quantitative estimate of drug-likeness (QED) is 0.228. The Morgan fingerprint density at radius 3 is 1.90 bits per heavy atom. The molecule has 0 fully saturated rings. The molecule has 1 rings (SSSR count). The van der Waals surface area contributed by atoms with E-state index in [9.17, 15) is 14.7 Å². The van der Waals surface area contributed by atoms with Crippen LogP contribution in [-0.4, -0.2) is 44.5 Å². The lowest BCUT2D eigenvalue weighted by Gasteiger charge is -2.44. The number of unbranched alkanes of at least 4 members (excludes halogenated alkanes) is 3. The predicted octanol–water partition coefficient (Wildman–Crippen LogP) is 3.92. The molecule has 1 N–H and O–H groups in total. The van der Waals surface area contributed by atoms with Gasteiger partial charge in [0.2, 0.25) is 11.2 Å². The highest BCUT2D eigenvalue weighted by Crippen LogP contribution is 2.51. The van der Waals surface area contributed by atoms with Crippen LogP contribution in [0.2, 0.25) is 0 Å². The lowest BCUT2D eigenvalue weighted by atomic mass is 9.71. The Hall–Kier alpha value is -2.12. The molecule has 29 heavy (non-hydrogen) atoms. The monoisotopic (exact) mass is 410 g/mol. The summed E-state index contributed by atoms with van der Waals surface area (Å²) in [4.78, 5) is 26.7. The Morgan fingerprint density at radius 2 is 1.45 bits per heavy atom. The SMILES string of the molecule is CCCCCCC(C(=O)OCC)(C(=O)OCC)C(OC)(OC)c1ccccc1O. The highest BCUT2D eigenvalue weighted by molar-refractivity contribution is 6.01. The van der Waals surface area contributed by atoms with Gasteiger partial charge in [-0.1, -0.05) is 44.7 Å². The van der Waals surface area contributed by atoms with Crippen LogP contribution in [0.4, 0.5) is 0 Å². The second-order valence-electron chi connectivity index (χ2n) is 6.70. The molecule has 0 atom stereocenters. The molecule has 0 saturated heterocycles. The minimum absolute atomic E-state index is 0.0687. The van der Waals surface area contributed by atoms with E-state index in [0.29, 0.717) is 6.42 Å². The molecule has 0 radical (unpaired) electrons. The number of ether oxygens (including phenoxy) is 4. The van der Waals surface area contributed by atoms with Crippen molar-refractivity contribution in [3.05, 3.63) is 29.8 Å². The number of phenols is 1. The molecule has 0 aliphatic heterocycles. The fourth-order valence-electron chi connectivity index (χ4n) is 3.68. The van der Waals surface area contributed by atoms with Gasteiger partial charge < -0.3 is 24.1 Å². The molecular weight excluding hydrogens is 376 g/mol. The van der Waals surface area contributed by atoms with Crippen molar-refractivity contribution in [3.63, 3.8) is 0 Å². The van der Waals surface area contributed by atoms with E-state index in [1.54, 1.807) is 32.0 Å². The number of aromatic hydroxyl groups is 1. The van der Waals surface area contributed by atoms with Gasteiger partial charge in [-0.2, -0.15) is 0 Å². The van der Waals surface area contributed by atoms with Gasteiger partial charge in [-0.3, -0.25) is 9.59 Å². The van der Waals surface area contributed by atoms with Crippen LogP contribution in [0.25, 0.3) is 0 Å². The van der Waals surface area contributed by atoms with Crippen LogP contribution < -0.4 is 0 Å². The molecule has 0 saturated carbocycles. The standard InChI is InChI=1S/C22H34O7/c1-6-9-10-13-16-21(19(24)28-7-2,20(25)29-8-3)22(26-4,27-5)17-14-11-12-15-18(17)23/h11-12,14-15,23H,6-10,13,16H2,1-5H3. The van der Waals surface area contributed by atoms with Crippen LogP contribution in [0.1, 0.15) is 58.4 Å². The van der Waals surface area contributed by atoms with Crippen molar-refractivity contribution < 1.29 is 33.6 Å². The predicted molar refractivity (Wildman–Crippen MR) is 108 cm³/mol. The summed E-state index contributed by atoms with van der Waals surface area (Å²) >= 11 is 0. The third-order valence-corrected chi connectivity index (χ3v) is 5.05. The number of phenolic OH excluding ortho intramolecular Hbond substituents is 1. The fourth-order valence-corrected chi connectivity index (χ4v) is 3.68. The molecular formula is C22H34O7. The van der Waals surface area contributed by atoms with Gasteiger partial charge in [0, 0.05) is 14.2 Å². The van der Waals surface area contributed by atoms with Crippen LogP contribution in [0.15, 0.2) is 24.3 Å². The summed E-state index contributed by atoms with van der Waals surface area (Å²) in [6, 6.07) is 6.30. The van der Waals surface area contributed by atoms with Gasteiger partial charge in [0.15, 0.2) is 0 Å². The Morgan fingerprint density at radius 1 is 0.897 bits per heavy atom. The summed E-state index contributed by atoms with van der Waals surface area (Å²) in [5, 5.41) is 10.5. The summed E-state index contributed by atoms with van der Waals surface area (Å²) in [6.45, 7) is 5.53. The Labute approximate surface area is 173 Å². The Balaban J connectivity index is 3.75. The highest BCUT2D eigenvalue weighted by atomic mass is 16.7. The number of esters is 2. The van der Waals surface area contributed by atoms with Gasteiger partial charge in [-0.05, 0) is 32.4 Å². The Bertz CT molecular complexity index is 634. The van der Waals surface area contributed by atoms with Crippen molar-refractivity contribution in [1.29, 1.82) is 0 Å². The maximum absolute atomic E-state index is 13.3. The molecule has 0 spiro atoms. The number of carbonyl (C=O) groups is 2. The summed E-state index contributed by atoms with van der Waals surface area (Å²) in [5.41, 5.74) is -1.80. The van der Waals surface area contributed by atoms with E-state index in [1.807, 2.05) is 0 Å². The second kappa shape index (κ2) is 11.8. The Kier molecular flexibility index (Phi) is 10.1. The third kappa shape index (κ3) is 4.90. The summed E-state index contributed by atoms with van der Waals surface area (Å²) in [7, 11) is 2.66. The fraction of sp³-hybridized carbons (Fsp3) is 0.636. The molecule has 7 heteroatoms. The topological polar surface area (TPSA) is 91.3 Å². The zero-order valence-corrected chi connectivity index (χ0v) is 18.2. The third-order valence-electron chi connectivity index (χ3n) is 5.05. The first kappa shape index (κ1) is 24.9. The first-order valence-corrected chi connectivity index (χ1v) is 10.1. The van der Waals surface area contributed by atoms with E-state index < -0.39 is 23.1 Å². The number of rotatable bonds is 13. The number of hydrogen-bond acceptors (Lipinski definition) is 7. The van der Waals surface area contributed by atoms with Crippen LogP contribution in [0, 0.1) is 5.41 Å². The molecule has 0 aliphatic carbocycles. The minimum Gasteiger partial charge on any atom is -0.507 e. The maximum atomic E-state index is 13.3. The molecule has 7 nitrogen and oxygen atoms in total. The van der Waals surface area contributed by atoms with E-state index in [-0.39, 0.29) is 30.9 Å². The van der Waals surface area contributed by atoms with Crippen molar-refractivity contribution in [3.8, 4) is 5.75 Å².